The summed E-state index contributed by atoms with van der Waals surface area (Å²) < 4.78 is 11.7. The third-order valence-electron chi connectivity index (χ3n) is 5.41. The molecule has 1 saturated heterocycles. The summed E-state index contributed by atoms with van der Waals surface area (Å²) in [6.45, 7) is 2.50. The number of carbonyl (C=O) groups is 2. The number of ether oxygens (including phenoxy) is 2. The molecule has 1 amide bonds. The first-order valence-electron chi connectivity index (χ1n) is 9.73. The van der Waals surface area contributed by atoms with Crippen molar-refractivity contribution in [3.8, 4) is 5.75 Å². The highest BCUT2D eigenvalue weighted by Gasteiger charge is 2.46. The molecule has 0 spiro atoms. The zero-order valence-corrected chi connectivity index (χ0v) is 18.3. The first kappa shape index (κ1) is 20.6. The number of hydrogen-bond acceptors (Lipinski definition) is 5. The topological polar surface area (TPSA) is 76.1 Å². The van der Waals surface area contributed by atoms with Crippen LogP contribution in [0.25, 0.3) is 5.76 Å². The van der Waals surface area contributed by atoms with Crippen LogP contribution in [0.1, 0.15) is 29.7 Å². The Balaban J connectivity index is 1.83. The number of halogens is 1. The quantitative estimate of drug-likeness (QED) is 0.407. The predicted octanol–water partition coefficient (Wildman–Crippen LogP) is 3.84. The van der Waals surface area contributed by atoms with Crippen LogP contribution in [0.3, 0.4) is 0 Å². The molecular weight excluding hydrogens is 450 g/mol. The molecule has 2 aliphatic rings. The fraction of sp³-hybridized carbons (Fsp3) is 0.304. The number of likely N-dealkylation sites (tertiary alicyclic amines) is 1. The Morgan fingerprint density at radius 2 is 2.07 bits per heavy atom. The van der Waals surface area contributed by atoms with Crippen molar-refractivity contribution in [3.63, 3.8) is 0 Å². The van der Waals surface area contributed by atoms with Crippen molar-refractivity contribution in [2.45, 2.75) is 25.5 Å². The average molecular weight is 472 g/mol. The molecule has 1 N–H and O–H groups in total. The molecule has 2 heterocycles. The lowest BCUT2D eigenvalue weighted by Crippen LogP contribution is -2.32. The standard InChI is InChI=1S/C23H22BrNO5/c1-13-10-16-11-15(6-7-18(16)30-13)21(26)19-20(14-4-3-5-17(24)12-14)25(8-9-29-2)23(28)22(19)27/h3-7,11-13,20,26H,8-10H2,1-2H3/t13-,20-/m1/s1. The van der Waals surface area contributed by atoms with Crippen molar-refractivity contribution in [3.05, 3.63) is 69.2 Å². The number of nitrogens with zero attached hydrogens (tertiary/aromatic N) is 1. The van der Waals surface area contributed by atoms with Gasteiger partial charge in [-0.3, -0.25) is 9.59 Å². The van der Waals surface area contributed by atoms with Gasteiger partial charge in [-0.05, 0) is 48.4 Å². The number of hydrogen-bond donors (Lipinski definition) is 1. The van der Waals surface area contributed by atoms with E-state index in [1.807, 2.05) is 37.3 Å². The summed E-state index contributed by atoms with van der Waals surface area (Å²) in [6, 6.07) is 12.0. The summed E-state index contributed by atoms with van der Waals surface area (Å²) in [5, 5.41) is 11.1. The molecule has 2 aliphatic heterocycles. The average Bonchev–Trinajstić information content (AvgIpc) is 3.22. The summed E-state index contributed by atoms with van der Waals surface area (Å²) >= 11 is 3.45. The number of amides is 1. The van der Waals surface area contributed by atoms with Crippen LogP contribution in [-0.4, -0.2) is 48.1 Å². The van der Waals surface area contributed by atoms with Gasteiger partial charge in [0.05, 0.1) is 18.2 Å². The summed E-state index contributed by atoms with van der Waals surface area (Å²) in [7, 11) is 1.54. The molecular formula is C23H22BrNO5. The van der Waals surface area contributed by atoms with Gasteiger partial charge in [0.15, 0.2) is 0 Å². The largest absolute Gasteiger partial charge is 0.507 e. The van der Waals surface area contributed by atoms with Gasteiger partial charge in [-0.2, -0.15) is 0 Å². The molecule has 30 heavy (non-hydrogen) atoms. The maximum Gasteiger partial charge on any atom is 0.295 e. The van der Waals surface area contributed by atoms with Gasteiger partial charge in [0.25, 0.3) is 11.7 Å². The van der Waals surface area contributed by atoms with Crippen LogP contribution >= 0.6 is 15.9 Å². The van der Waals surface area contributed by atoms with Crippen LogP contribution in [0.4, 0.5) is 0 Å². The first-order valence-corrected chi connectivity index (χ1v) is 10.5. The van der Waals surface area contributed by atoms with E-state index in [1.54, 1.807) is 12.1 Å². The Kier molecular flexibility index (Phi) is 5.66. The SMILES string of the molecule is COCCN1C(=O)C(=O)C(=C(O)c2ccc3c(c2)C[C@@H](C)O3)[C@H]1c1cccc(Br)c1. The van der Waals surface area contributed by atoms with Crippen molar-refractivity contribution in [1.29, 1.82) is 0 Å². The van der Waals surface area contributed by atoms with E-state index in [4.69, 9.17) is 9.47 Å². The van der Waals surface area contributed by atoms with E-state index in [0.29, 0.717) is 5.56 Å². The fourth-order valence-corrected chi connectivity index (χ4v) is 4.47. The third-order valence-corrected chi connectivity index (χ3v) is 5.90. The minimum absolute atomic E-state index is 0.0682. The zero-order chi connectivity index (χ0) is 21.4. The summed E-state index contributed by atoms with van der Waals surface area (Å²) in [4.78, 5) is 27.2. The number of fused-ring (bicyclic) bond motifs is 1. The third kappa shape index (κ3) is 3.63. The van der Waals surface area contributed by atoms with Gasteiger partial charge in [0, 0.05) is 30.1 Å². The summed E-state index contributed by atoms with van der Waals surface area (Å²) in [6.07, 6.45) is 0.798. The maximum absolute atomic E-state index is 13.0. The van der Waals surface area contributed by atoms with E-state index in [1.165, 1.54) is 12.0 Å². The van der Waals surface area contributed by atoms with E-state index in [0.717, 1.165) is 27.8 Å². The molecule has 156 valence electrons. The van der Waals surface area contributed by atoms with E-state index in [2.05, 4.69) is 15.9 Å². The molecule has 7 heteroatoms. The molecule has 0 bridgehead atoms. The predicted molar refractivity (Wildman–Crippen MR) is 115 cm³/mol. The van der Waals surface area contributed by atoms with Gasteiger partial charge in [0.2, 0.25) is 0 Å². The zero-order valence-electron chi connectivity index (χ0n) is 16.7. The van der Waals surface area contributed by atoms with Gasteiger partial charge in [-0.25, -0.2) is 0 Å². The highest BCUT2D eigenvalue weighted by Crippen LogP contribution is 2.41. The van der Waals surface area contributed by atoms with Crippen molar-refractivity contribution >= 4 is 33.4 Å². The second-order valence-corrected chi connectivity index (χ2v) is 8.41. The second-order valence-electron chi connectivity index (χ2n) is 7.50. The number of carbonyl (C=O) groups excluding carboxylic acids is 2. The van der Waals surface area contributed by atoms with Crippen LogP contribution < -0.4 is 4.74 Å². The Hall–Kier alpha value is -2.64. The van der Waals surface area contributed by atoms with Crippen molar-refractivity contribution < 1.29 is 24.2 Å². The Bertz CT molecular complexity index is 1050. The van der Waals surface area contributed by atoms with Crippen LogP contribution in [-0.2, 0) is 20.7 Å². The lowest BCUT2D eigenvalue weighted by atomic mass is 9.94. The smallest absolute Gasteiger partial charge is 0.295 e. The molecule has 0 saturated carbocycles. The van der Waals surface area contributed by atoms with Crippen LogP contribution in [0.15, 0.2) is 52.5 Å². The van der Waals surface area contributed by atoms with E-state index in [-0.39, 0.29) is 30.6 Å². The van der Waals surface area contributed by atoms with Gasteiger partial charge in [-0.15, -0.1) is 0 Å². The monoisotopic (exact) mass is 471 g/mol. The maximum atomic E-state index is 13.0. The van der Waals surface area contributed by atoms with Crippen LogP contribution in [0, 0.1) is 0 Å². The first-order chi connectivity index (χ1) is 14.4. The summed E-state index contributed by atoms with van der Waals surface area (Å²) in [5.41, 5.74) is 2.29. The molecule has 4 rings (SSSR count). The minimum Gasteiger partial charge on any atom is -0.507 e. The Labute approximate surface area is 183 Å². The van der Waals surface area contributed by atoms with Gasteiger partial charge < -0.3 is 19.5 Å². The fourth-order valence-electron chi connectivity index (χ4n) is 4.05. The van der Waals surface area contributed by atoms with Crippen molar-refractivity contribution in [2.75, 3.05) is 20.3 Å². The number of ketones is 1. The Morgan fingerprint density at radius 3 is 2.80 bits per heavy atom. The van der Waals surface area contributed by atoms with Crippen molar-refractivity contribution in [2.24, 2.45) is 0 Å². The van der Waals surface area contributed by atoms with E-state index < -0.39 is 17.7 Å². The van der Waals surface area contributed by atoms with Crippen LogP contribution in [0.5, 0.6) is 5.75 Å². The molecule has 2 aromatic carbocycles. The van der Waals surface area contributed by atoms with Crippen molar-refractivity contribution in [1.82, 2.24) is 4.90 Å². The van der Waals surface area contributed by atoms with E-state index in [9.17, 15) is 14.7 Å². The normalized spacial score (nSPS) is 22.3. The summed E-state index contributed by atoms with van der Waals surface area (Å²) in [5.74, 6) is -0.737. The molecule has 1 fully saturated rings. The molecule has 2 aromatic rings. The number of rotatable bonds is 5. The minimum atomic E-state index is -0.696. The molecule has 0 radical (unpaired) electrons. The molecule has 6 nitrogen and oxygen atoms in total. The highest BCUT2D eigenvalue weighted by molar-refractivity contribution is 9.10. The number of Topliss-reactive ketones (excluding diaryl/α,β-unsaturated/α-hetero) is 1. The number of aliphatic hydroxyl groups is 1. The molecule has 2 atom stereocenters. The molecule has 0 aromatic heterocycles. The number of aliphatic hydroxyl groups excluding tert-OH is 1. The molecule has 0 unspecified atom stereocenters. The van der Waals surface area contributed by atoms with Gasteiger partial charge in [-0.1, -0.05) is 28.1 Å². The highest BCUT2D eigenvalue weighted by atomic mass is 79.9. The van der Waals surface area contributed by atoms with Gasteiger partial charge >= 0.3 is 0 Å². The van der Waals surface area contributed by atoms with Gasteiger partial charge in [0.1, 0.15) is 17.6 Å². The Morgan fingerprint density at radius 1 is 1.27 bits per heavy atom. The number of benzene rings is 2. The number of methoxy groups -OCH3 is 1. The van der Waals surface area contributed by atoms with E-state index >= 15 is 0 Å². The molecule has 0 aliphatic carbocycles. The second kappa shape index (κ2) is 8.24. The lowest BCUT2D eigenvalue weighted by Gasteiger charge is -2.25. The van der Waals surface area contributed by atoms with Crippen LogP contribution in [0.2, 0.25) is 0 Å². The lowest BCUT2D eigenvalue weighted by molar-refractivity contribution is -0.140.